The van der Waals surface area contributed by atoms with Crippen molar-refractivity contribution >= 4 is 28.5 Å². The third-order valence-corrected chi connectivity index (χ3v) is 8.26. The largest absolute Gasteiger partial charge is 0.486 e. The van der Waals surface area contributed by atoms with E-state index in [-0.39, 0.29) is 0 Å². The van der Waals surface area contributed by atoms with Crippen LogP contribution in [0.25, 0.3) is 11.0 Å². The van der Waals surface area contributed by atoms with Crippen LogP contribution >= 0.6 is 11.6 Å². The third kappa shape index (κ3) is 6.66. The normalized spacial score (nSPS) is 17.4. The van der Waals surface area contributed by atoms with E-state index in [4.69, 9.17) is 21.3 Å². The van der Waals surface area contributed by atoms with Crippen LogP contribution in [0.4, 0.5) is 0 Å². The minimum absolute atomic E-state index is 0.328. The molecule has 1 aromatic heterocycles. The van der Waals surface area contributed by atoms with Crippen LogP contribution < -0.4 is 4.74 Å². The number of carbonyl (C=O) groups is 1. The summed E-state index contributed by atoms with van der Waals surface area (Å²) in [6.45, 7) is 8.06. The molecule has 2 aliphatic rings. The van der Waals surface area contributed by atoms with E-state index in [2.05, 4.69) is 39.5 Å². The molecule has 3 heterocycles. The van der Waals surface area contributed by atoms with Gasteiger partial charge in [0.2, 0.25) is 5.91 Å². The van der Waals surface area contributed by atoms with Crippen molar-refractivity contribution in [2.75, 3.05) is 32.7 Å². The number of amides is 1. The van der Waals surface area contributed by atoms with E-state index in [0.717, 1.165) is 75.0 Å². The third-order valence-electron chi connectivity index (χ3n) is 8.01. The van der Waals surface area contributed by atoms with Gasteiger partial charge in [-0.2, -0.15) is 0 Å². The van der Waals surface area contributed by atoms with Gasteiger partial charge >= 0.3 is 0 Å². The van der Waals surface area contributed by atoms with Gasteiger partial charge in [-0.1, -0.05) is 23.7 Å². The quantitative estimate of drug-likeness (QED) is 0.341. The molecule has 0 saturated carbocycles. The van der Waals surface area contributed by atoms with Crippen molar-refractivity contribution < 1.29 is 9.53 Å². The van der Waals surface area contributed by atoms with E-state index >= 15 is 0 Å². The Bertz CT molecular complexity index is 1180. The summed E-state index contributed by atoms with van der Waals surface area (Å²) in [5.41, 5.74) is 3.43. The number of benzene rings is 2. The summed E-state index contributed by atoms with van der Waals surface area (Å²) in [6.07, 6.45) is 8.28. The summed E-state index contributed by atoms with van der Waals surface area (Å²) in [4.78, 5) is 22.0. The fourth-order valence-electron chi connectivity index (χ4n) is 5.78. The number of nitrogens with zero attached hydrogens (tertiary/aromatic N) is 4. The van der Waals surface area contributed by atoms with E-state index < -0.39 is 0 Å². The van der Waals surface area contributed by atoms with Crippen molar-refractivity contribution in [1.82, 2.24) is 19.4 Å². The molecule has 5 rings (SSSR count). The van der Waals surface area contributed by atoms with Gasteiger partial charge in [-0.15, -0.1) is 0 Å². The molecule has 0 atom stereocenters. The standard InChI is InChI=1S/C30H39ClN4O2/c1-23-7-5-9-27-30(23)32-28(22-37-26-12-10-25(31)11-13-26)35(27)18-6-8-24-14-19-33(20-15-24)21-29(36)34-16-3-2-4-17-34/h5,7,9-13,24H,2-4,6,8,14-22H2,1H3. The fraction of sp³-hybridized carbons (Fsp3) is 0.533. The number of aryl methyl sites for hydroxylation is 2. The van der Waals surface area contributed by atoms with Crippen LogP contribution in [0.2, 0.25) is 5.02 Å². The number of hydrogen-bond donors (Lipinski definition) is 0. The highest BCUT2D eigenvalue weighted by Gasteiger charge is 2.24. The molecule has 0 unspecified atom stereocenters. The number of piperidine rings is 2. The van der Waals surface area contributed by atoms with E-state index in [1.807, 2.05) is 24.3 Å². The van der Waals surface area contributed by atoms with Gasteiger partial charge < -0.3 is 14.2 Å². The lowest BCUT2D eigenvalue weighted by Crippen LogP contribution is -2.45. The van der Waals surface area contributed by atoms with Crippen molar-refractivity contribution in [3.8, 4) is 5.75 Å². The molecule has 2 aliphatic heterocycles. The van der Waals surface area contributed by atoms with Crippen LogP contribution in [-0.2, 0) is 17.9 Å². The number of rotatable bonds is 9. The summed E-state index contributed by atoms with van der Waals surface area (Å²) in [6, 6.07) is 13.9. The summed E-state index contributed by atoms with van der Waals surface area (Å²) in [5.74, 6) is 2.82. The van der Waals surface area contributed by atoms with E-state index in [1.54, 1.807) is 0 Å². The number of ether oxygens (including phenoxy) is 1. The van der Waals surface area contributed by atoms with Gasteiger partial charge in [-0.3, -0.25) is 9.69 Å². The van der Waals surface area contributed by atoms with Crippen molar-refractivity contribution in [3.05, 3.63) is 58.9 Å². The first kappa shape index (κ1) is 26.1. The number of para-hydroxylation sites is 1. The molecule has 1 amide bonds. The molecule has 0 bridgehead atoms. The second-order valence-corrected chi connectivity index (χ2v) is 11.1. The van der Waals surface area contributed by atoms with E-state index in [1.165, 1.54) is 36.8 Å². The average Bonchev–Trinajstić information content (AvgIpc) is 3.28. The highest BCUT2D eigenvalue weighted by atomic mass is 35.5. The lowest BCUT2D eigenvalue weighted by molar-refractivity contribution is -0.133. The topological polar surface area (TPSA) is 50.6 Å². The highest BCUT2D eigenvalue weighted by molar-refractivity contribution is 6.30. The van der Waals surface area contributed by atoms with E-state index in [9.17, 15) is 4.79 Å². The first-order chi connectivity index (χ1) is 18.1. The summed E-state index contributed by atoms with van der Waals surface area (Å²) >= 11 is 6.02. The van der Waals surface area contributed by atoms with Crippen LogP contribution in [0.1, 0.15) is 56.3 Å². The minimum atomic E-state index is 0.328. The molecular formula is C30H39ClN4O2. The maximum Gasteiger partial charge on any atom is 0.236 e. The number of likely N-dealkylation sites (tertiary alicyclic amines) is 2. The van der Waals surface area contributed by atoms with Gasteiger partial charge in [0.05, 0.1) is 17.6 Å². The Kier molecular flexibility index (Phi) is 8.67. The molecule has 0 N–H and O–H groups in total. The van der Waals surface area contributed by atoms with Crippen LogP contribution in [0.5, 0.6) is 5.75 Å². The molecule has 2 fully saturated rings. The molecular weight excluding hydrogens is 484 g/mol. The van der Waals surface area contributed by atoms with Crippen molar-refractivity contribution in [2.45, 2.75) is 65.0 Å². The molecule has 198 valence electrons. The van der Waals surface area contributed by atoms with Crippen molar-refractivity contribution in [3.63, 3.8) is 0 Å². The number of carbonyl (C=O) groups excluding carboxylic acids is 1. The van der Waals surface area contributed by atoms with Crippen LogP contribution in [0.3, 0.4) is 0 Å². The molecule has 0 aliphatic carbocycles. The number of imidazole rings is 1. The van der Waals surface area contributed by atoms with Crippen molar-refractivity contribution in [2.24, 2.45) is 5.92 Å². The molecule has 2 saturated heterocycles. The first-order valence-corrected chi connectivity index (χ1v) is 14.3. The first-order valence-electron chi connectivity index (χ1n) is 13.9. The second-order valence-electron chi connectivity index (χ2n) is 10.7. The molecule has 2 aromatic carbocycles. The summed E-state index contributed by atoms with van der Waals surface area (Å²) < 4.78 is 8.40. The van der Waals surface area contributed by atoms with Gasteiger partial charge in [-0.05, 0) is 107 Å². The highest BCUT2D eigenvalue weighted by Crippen LogP contribution is 2.26. The van der Waals surface area contributed by atoms with Crippen LogP contribution in [-0.4, -0.2) is 58.0 Å². The Morgan fingerprint density at radius 3 is 2.54 bits per heavy atom. The van der Waals surface area contributed by atoms with Crippen molar-refractivity contribution in [1.29, 1.82) is 0 Å². The molecule has 0 radical (unpaired) electrons. The molecule has 37 heavy (non-hydrogen) atoms. The molecule has 3 aromatic rings. The zero-order chi connectivity index (χ0) is 25.6. The van der Waals surface area contributed by atoms with Gasteiger partial charge in [-0.25, -0.2) is 4.98 Å². The zero-order valence-electron chi connectivity index (χ0n) is 22.0. The van der Waals surface area contributed by atoms with Gasteiger partial charge in [0, 0.05) is 24.7 Å². The SMILES string of the molecule is Cc1cccc2c1nc(COc1ccc(Cl)cc1)n2CCCC1CCN(CC(=O)N2CCCCC2)CC1. The molecule has 0 spiro atoms. The summed E-state index contributed by atoms with van der Waals surface area (Å²) in [5, 5.41) is 0.703. The Balaban J connectivity index is 1.14. The lowest BCUT2D eigenvalue weighted by atomic mass is 9.92. The molecule has 7 heteroatoms. The predicted molar refractivity (Wildman–Crippen MR) is 149 cm³/mol. The van der Waals surface area contributed by atoms with Crippen LogP contribution in [0.15, 0.2) is 42.5 Å². The summed E-state index contributed by atoms with van der Waals surface area (Å²) in [7, 11) is 0. The average molecular weight is 523 g/mol. The maximum atomic E-state index is 12.6. The predicted octanol–water partition coefficient (Wildman–Crippen LogP) is 6.08. The Labute approximate surface area is 225 Å². The molecule has 6 nitrogen and oxygen atoms in total. The number of fused-ring (bicyclic) bond motifs is 1. The van der Waals surface area contributed by atoms with E-state index in [0.29, 0.717) is 24.1 Å². The number of hydrogen-bond acceptors (Lipinski definition) is 4. The fourth-order valence-corrected chi connectivity index (χ4v) is 5.91. The monoisotopic (exact) mass is 522 g/mol. The second kappa shape index (κ2) is 12.3. The smallest absolute Gasteiger partial charge is 0.236 e. The Morgan fingerprint density at radius 1 is 1.03 bits per heavy atom. The van der Waals surface area contributed by atoms with Gasteiger partial charge in [0.25, 0.3) is 0 Å². The zero-order valence-corrected chi connectivity index (χ0v) is 22.8. The minimum Gasteiger partial charge on any atom is -0.486 e. The lowest BCUT2D eigenvalue weighted by Gasteiger charge is -2.34. The Hall–Kier alpha value is -2.57. The number of aromatic nitrogens is 2. The Morgan fingerprint density at radius 2 is 1.78 bits per heavy atom. The maximum absolute atomic E-state index is 12.6. The van der Waals surface area contributed by atoms with Crippen LogP contribution in [0, 0.1) is 12.8 Å². The number of halogens is 1. The van der Waals surface area contributed by atoms with Gasteiger partial charge in [0.1, 0.15) is 18.2 Å². The van der Waals surface area contributed by atoms with Gasteiger partial charge in [0.15, 0.2) is 0 Å².